The molecule has 0 aliphatic heterocycles. The Balaban J connectivity index is 0. The van der Waals surface area contributed by atoms with E-state index >= 15 is 0 Å². The molecule has 0 aliphatic rings. The van der Waals surface area contributed by atoms with Crippen molar-refractivity contribution in [2.75, 3.05) is 14.2 Å². The molecule has 0 aliphatic carbocycles. The van der Waals surface area contributed by atoms with Crippen LogP contribution in [0.3, 0.4) is 0 Å². The van der Waals surface area contributed by atoms with Gasteiger partial charge in [-0.2, -0.15) is 0 Å². The number of hydrogen-bond donors (Lipinski definition) is 0. The molecule has 4 nitrogen and oxygen atoms in total. The van der Waals surface area contributed by atoms with E-state index in [1.165, 1.54) is 52.7 Å². The molecule has 0 saturated carbocycles. The first-order valence-electron chi connectivity index (χ1n) is 9.96. The molecule has 0 unspecified atom stereocenters. The molecular weight excluding hydrogens is 423 g/mol. The molecule has 0 spiro atoms. The van der Waals surface area contributed by atoms with Gasteiger partial charge in [0.2, 0.25) is 0 Å². The molecule has 0 amide bonds. The number of esters is 2. The third kappa shape index (κ3) is 26.1. The molecular formula is C20H40O4Sn. The van der Waals surface area contributed by atoms with Crippen molar-refractivity contribution in [2.45, 2.75) is 99.8 Å². The van der Waals surface area contributed by atoms with Gasteiger partial charge in [-0.15, -0.1) is 0 Å². The molecule has 2 radical (unpaired) electrons. The predicted octanol–water partition coefficient (Wildman–Crippen LogP) is 5.58. The molecule has 0 fully saturated rings. The third-order valence-corrected chi connectivity index (χ3v) is 7.92. The van der Waals surface area contributed by atoms with Crippen molar-refractivity contribution in [3.8, 4) is 0 Å². The zero-order chi connectivity index (χ0) is 19.2. The van der Waals surface area contributed by atoms with E-state index in [-0.39, 0.29) is 33.1 Å². The molecule has 0 rings (SSSR count). The van der Waals surface area contributed by atoms with Gasteiger partial charge >= 0.3 is 107 Å². The molecule has 0 aromatic heterocycles. The molecule has 0 atom stereocenters. The molecule has 0 saturated heterocycles. The van der Waals surface area contributed by atoms with Crippen molar-refractivity contribution in [1.29, 1.82) is 0 Å². The van der Waals surface area contributed by atoms with Gasteiger partial charge in [-0.1, -0.05) is 0 Å². The maximum atomic E-state index is 10.6. The summed E-state index contributed by atoms with van der Waals surface area (Å²) in [4.78, 5) is 21.2. The summed E-state index contributed by atoms with van der Waals surface area (Å²) < 4.78 is 12.2. The fraction of sp³-hybridized carbons (Fsp3) is 0.900. The average Bonchev–Trinajstić information content (AvgIpc) is 2.64. The van der Waals surface area contributed by atoms with Crippen molar-refractivity contribution < 1.29 is 19.1 Å². The predicted molar refractivity (Wildman–Crippen MR) is 106 cm³/mol. The normalized spacial score (nSPS) is 9.92. The number of rotatable bonds is 15. The van der Waals surface area contributed by atoms with Crippen LogP contribution in [0.1, 0.15) is 90.9 Å². The zero-order valence-corrected chi connectivity index (χ0v) is 19.9. The van der Waals surface area contributed by atoms with Gasteiger partial charge < -0.3 is 9.47 Å². The van der Waals surface area contributed by atoms with Crippen LogP contribution in [-0.4, -0.2) is 47.3 Å². The number of unbranched alkanes of at least 4 members (excludes halogenated alkanes) is 7. The Bertz CT molecular complexity index is 267. The second-order valence-corrected chi connectivity index (χ2v) is 10.5. The quantitative estimate of drug-likeness (QED) is 0.181. The monoisotopic (exact) mass is 464 g/mol. The van der Waals surface area contributed by atoms with Crippen molar-refractivity contribution in [3.63, 3.8) is 0 Å². The molecule has 0 aromatic rings. The maximum Gasteiger partial charge on any atom is 0.305 e. The van der Waals surface area contributed by atoms with Gasteiger partial charge in [0.25, 0.3) is 0 Å². The molecule has 5 heteroatoms. The minimum atomic E-state index is -0.236. The first kappa shape index (κ1) is 27.0. The third-order valence-electron chi connectivity index (χ3n) is 3.88. The van der Waals surface area contributed by atoms with E-state index in [0.29, 0.717) is 25.7 Å². The van der Waals surface area contributed by atoms with Gasteiger partial charge in [0.1, 0.15) is 0 Å². The standard InChI is InChI=1S/C8H14O4.2C6H13.Sn/c1-11-7(9)5-3-4-6-8(10)12-2;2*1-3-5-6-4-2;/h3-6H2,1-2H3;2*1,3-6H2,2H3;. The Labute approximate surface area is 166 Å². The summed E-state index contributed by atoms with van der Waals surface area (Å²) in [5.41, 5.74) is 0. The topological polar surface area (TPSA) is 52.6 Å². The first-order chi connectivity index (χ1) is 12.1. The van der Waals surface area contributed by atoms with E-state index in [4.69, 9.17) is 0 Å². The van der Waals surface area contributed by atoms with Crippen molar-refractivity contribution in [1.82, 2.24) is 0 Å². The van der Waals surface area contributed by atoms with Gasteiger partial charge in [-0.3, -0.25) is 9.59 Å². The minimum Gasteiger partial charge on any atom is -0.469 e. The summed E-state index contributed by atoms with van der Waals surface area (Å²) in [6, 6.07) is 0. The number of hydrogen-bond acceptors (Lipinski definition) is 4. The van der Waals surface area contributed by atoms with Crippen LogP contribution in [-0.2, 0) is 19.1 Å². The fourth-order valence-electron chi connectivity index (χ4n) is 2.22. The zero-order valence-electron chi connectivity index (χ0n) is 17.0. The average molecular weight is 463 g/mol. The van der Waals surface area contributed by atoms with Crippen LogP contribution in [0.15, 0.2) is 0 Å². The Morgan fingerprint density at radius 3 is 1.36 bits per heavy atom. The van der Waals surface area contributed by atoms with Gasteiger partial charge in [-0.25, -0.2) is 0 Å². The summed E-state index contributed by atoms with van der Waals surface area (Å²) in [5.74, 6) is -0.472. The summed E-state index contributed by atoms with van der Waals surface area (Å²) in [6.07, 6.45) is 13.9. The van der Waals surface area contributed by atoms with Crippen LogP contribution in [0.5, 0.6) is 0 Å². The second kappa shape index (κ2) is 23.7. The summed E-state index contributed by atoms with van der Waals surface area (Å²) in [7, 11) is 2.70. The van der Waals surface area contributed by atoms with Crippen LogP contribution in [0.25, 0.3) is 0 Å². The fourth-order valence-corrected chi connectivity index (χ4v) is 5.79. The van der Waals surface area contributed by atoms with E-state index in [1.54, 1.807) is 21.7 Å². The van der Waals surface area contributed by atoms with Crippen LogP contribution in [0.2, 0.25) is 8.87 Å². The van der Waals surface area contributed by atoms with E-state index < -0.39 is 0 Å². The van der Waals surface area contributed by atoms with Crippen molar-refractivity contribution in [2.24, 2.45) is 0 Å². The van der Waals surface area contributed by atoms with Crippen LogP contribution in [0.4, 0.5) is 0 Å². The number of methoxy groups -OCH3 is 2. The van der Waals surface area contributed by atoms with Crippen LogP contribution >= 0.6 is 0 Å². The SMILES string of the molecule is CCCCC[CH2][Sn][CH2]CCCCC.COC(=O)CCCCC(=O)OC. The molecule has 148 valence electrons. The molecule has 25 heavy (non-hydrogen) atoms. The largest absolute Gasteiger partial charge is 0.469 e. The van der Waals surface area contributed by atoms with E-state index in [0.717, 1.165) is 0 Å². The van der Waals surface area contributed by atoms with E-state index in [9.17, 15) is 9.59 Å². The van der Waals surface area contributed by atoms with E-state index in [2.05, 4.69) is 23.3 Å². The van der Waals surface area contributed by atoms with Gasteiger partial charge in [0.15, 0.2) is 0 Å². The van der Waals surface area contributed by atoms with Crippen molar-refractivity contribution in [3.05, 3.63) is 0 Å². The Morgan fingerprint density at radius 1 is 0.640 bits per heavy atom. The second-order valence-electron chi connectivity index (χ2n) is 6.23. The van der Waals surface area contributed by atoms with Crippen molar-refractivity contribution >= 4 is 33.1 Å². The summed E-state index contributed by atoms with van der Waals surface area (Å²) in [6.45, 7) is 4.59. The molecule has 0 bridgehead atoms. The van der Waals surface area contributed by atoms with E-state index in [1.807, 2.05) is 0 Å². The minimum absolute atomic E-state index is 0.104. The summed E-state index contributed by atoms with van der Waals surface area (Å²) >= 11 is 0.104. The number of carbonyl (C=O) groups is 2. The molecule has 0 aromatic carbocycles. The first-order valence-corrected chi connectivity index (χ1v) is 14.0. The maximum absolute atomic E-state index is 10.6. The van der Waals surface area contributed by atoms with Gasteiger partial charge in [0.05, 0.1) is 14.2 Å². The van der Waals surface area contributed by atoms with Crippen LogP contribution < -0.4 is 0 Å². The van der Waals surface area contributed by atoms with Crippen LogP contribution in [0, 0.1) is 0 Å². The Kier molecular flexibility index (Phi) is 25.6. The summed E-state index contributed by atoms with van der Waals surface area (Å²) in [5, 5.41) is 0. The number of ether oxygens (including phenoxy) is 2. The van der Waals surface area contributed by atoms with Gasteiger partial charge in [-0.05, 0) is 12.8 Å². The Hall–Kier alpha value is -0.261. The molecule has 0 heterocycles. The number of carbonyl (C=O) groups excluding carboxylic acids is 2. The Morgan fingerprint density at radius 2 is 1.04 bits per heavy atom. The smallest absolute Gasteiger partial charge is 0.305 e. The molecule has 0 N–H and O–H groups in total. The van der Waals surface area contributed by atoms with Gasteiger partial charge in [0, 0.05) is 12.8 Å².